The number of nitro benzene ring substituents is 1. The molecule has 1 aliphatic heterocycles. The molecule has 1 fully saturated rings. The largest absolute Gasteiger partial charge is 0.398 e. The molecule has 0 aliphatic carbocycles. The highest BCUT2D eigenvalue weighted by molar-refractivity contribution is 5.63. The van der Waals surface area contributed by atoms with E-state index >= 15 is 0 Å². The second kappa shape index (κ2) is 4.58. The van der Waals surface area contributed by atoms with Crippen molar-refractivity contribution in [3.8, 4) is 0 Å². The number of nitrogen functional groups attached to an aromatic ring is 1. The van der Waals surface area contributed by atoms with Gasteiger partial charge in [0.1, 0.15) is 0 Å². The van der Waals surface area contributed by atoms with Crippen LogP contribution in [0.2, 0.25) is 0 Å². The van der Waals surface area contributed by atoms with Crippen molar-refractivity contribution in [2.45, 2.75) is 18.9 Å². The summed E-state index contributed by atoms with van der Waals surface area (Å²) in [6.07, 6.45) is 1.29. The van der Waals surface area contributed by atoms with Gasteiger partial charge in [-0.1, -0.05) is 0 Å². The number of hydrogen-bond acceptors (Lipinski definition) is 5. The number of aliphatic hydroxyl groups is 1. The van der Waals surface area contributed by atoms with Gasteiger partial charge in [-0.05, 0) is 18.9 Å². The number of aliphatic hydroxyl groups excluding tert-OH is 1. The first-order chi connectivity index (χ1) is 8.06. The molecular formula is C11H15N3O3. The molecule has 1 aromatic carbocycles. The average Bonchev–Trinajstić information content (AvgIpc) is 2.28. The van der Waals surface area contributed by atoms with E-state index in [0.717, 1.165) is 19.4 Å². The molecule has 17 heavy (non-hydrogen) atoms. The van der Waals surface area contributed by atoms with Crippen LogP contribution >= 0.6 is 0 Å². The van der Waals surface area contributed by atoms with Gasteiger partial charge in [0.15, 0.2) is 0 Å². The van der Waals surface area contributed by atoms with Gasteiger partial charge in [0, 0.05) is 36.6 Å². The van der Waals surface area contributed by atoms with Gasteiger partial charge in [0.05, 0.1) is 11.0 Å². The fourth-order valence-electron chi connectivity index (χ4n) is 2.10. The van der Waals surface area contributed by atoms with E-state index in [1.54, 1.807) is 6.07 Å². The quantitative estimate of drug-likeness (QED) is 0.457. The number of benzene rings is 1. The molecule has 2 rings (SSSR count). The predicted molar refractivity (Wildman–Crippen MR) is 65.0 cm³/mol. The highest BCUT2D eigenvalue weighted by atomic mass is 16.6. The van der Waals surface area contributed by atoms with Gasteiger partial charge in [0.2, 0.25) is 0 Å². The molecule has 1 aromatic rings. The van der Waals surface area contributed by atoms with Crippen LogP contribution in [0.15, 0.2) is 18.2 Å². The van der Waals surface area contributed by atoms with Crippen molar-refractivity contribution in [3.05, 3.63) is 28.3 Å². The number of rotatable bonds is 2. The molecule has 3 N–H and O–H groups in total. The fourth-order valence-corrected chi connectivity index (χ4v) is 2.10. The Morgan fingerprint density at radius 2 is 2.24 bits per heavy atom. The topological polar surface area (TPSA) is 92.6 Å². The summed E-state index contributed by atoms with van der Waals surface area (Å²) in [5.74, 6) is 0. The van der Waals surface area contributed by atoms with Gasteiger partial charge >= 0.3 is 0 Å². The summed E-state index contributed by atoms with van der Waals surface area (Å²) in [5.41, 5.74) is 6.70. The molecule has 6 nitrogen and oxygen atoms in total. The Balaban J connectivity index is 2.28. The Hall–Kier alpha value is -1.82. The smallest absolute Gasteiger partial charge is 0.273 e. The van der Waals surface area contributed by atoms with Crippen LogP contribution in [0.4, 0.5) is 17.1 Å². The van der Waals surface area contributed by atoms with Crippen molar-refractivity contribution in [2.75, 3.05) is 23.7 Å². The van der Waals surface area contributed by atoms with Crippen molar-refractivity contribution in [1.82, 2.24) is 0 Å². The minimum absolute atomic E-state index is 0.0138. The summed E-state index contributed by atoms with van der Waals surface area (Å²) >= 11 is 0. The maximum Gasteiger partial charge on any atom is 0.273 e. The number of nitrogens with zero attached hydrogens (tertiary/aromatic N) is 2. The lowest BCUT2D eigenvalue weighted by atomic mass is 10.1. The highest BCUT2D eigenvalue weighted by Gasteiger charge is 2.20. The van der Waals surface area contributed by atoms with Crippen molar-refractivity contribution >= 4 is 17.1 Å². The molecule has 0 spiro atoms. The Morgan fingerprint density at radius 1 is 1.47 bits per heavy atom. The van der Waals surface area contributed by atoms with E-state index < -0.39 is 4.92 Å². The third-order valence-corrected chi connectivity index (χ3v) is 2.90. The minimum atomic E-state index is -0.458. The van der Waals surface area contributed by atoms with Crippen LogP contribution in [0.25, 0.3) is 0 Å². The highest BCUT2D eigenvalue weighted by Crippen LogP contribution is 2.27. The molecule has 6 heteroatoms. The lowest BCUT2D eigenvalue weighted by molar-refractivity contribution is -0.384. The van der Waals surface area contributed by atoms with Crippen molar-refractivity contribution < 1.29 is 10.0 Å². The Labute approximate surface area is 98.8 Å². The van der Waals surface area contributed by atoms with Crippen LogP contribution in [0.3, 0.4) is 0 Å². The molecule has 0 aromatic heterocycles. The van der Waals surface area contributed by atoms with Crippen molar-refractivity contribution in [1.29, 1.82) is 0 Å². The normalized spacial score (nSPS) is 20.3. The monoisotopic (exact) mass is 237 g/mol. The number of non-ortho nitro benzene ring substituents is 1. The van der Waals surface area contributed by atoms with Gasteiger partial charge in [-0.3, -0.25) is 10.1 Å². The Bertz CT molecular complexity index is 436. The maximum absolute atomic E-state index is 10.7. The summed E-state index contributed by atoms with van der Waals surface area (Å²) in [7, 11) is 0. The number of piperidine rings is 1. The van der Waals surface area contributed by atoms with Crippen LogP contribution in [0, 0.1) is 10.1 Å². The van der Waals surface area contributed by atoms with Crippen LogP contribution in [-0.4, -0.2) is 29.2 Å². The third-order valence-electron chi connectivity index (χ3n) is 2.90. The van der Waals surface area contributed by atoms with Crippen LogP contribution < -0.4 is 10.6 Å². The molecule has 1 aliphatic rings. The summed E-state index contributed by atoms with van der Waals surface area (Å²) in [6.45, 7) is 1.29. The standard InChI is InChI=1S/C11H15N3O3/c12-8-4-9(6-10(5-8)14(16)17)13-3-1-2-11(15)7-13/h4-6,11,15H,1-3,7,12H2. The van der Waals surface area contributed by atoms with E-state index in [0.29, 0.717) is 17.9 Å². The molecule has 1 atom stereocenters. The first-order valence-corrected chi connectivity index (χ1v) is 5.54. The average molecular weight is 237 g/mol. The molecule has 0 radical (unpaired) electrons. The zero-order valence-corrected chi connectivity index (χ0v) is 9.37. The first kappa shape index (κ1) is 11.7. The van der Waals surface area contributed by atoms with Crippen molar-refractivity contribution in [2.24, 2.45) is 0 Å². The molecule has 1 saturated heterocycles. The fraction of sp³-hybridized carbons (Fsp3) is 0.455. The molecule has 0 bridgehead atoms. The Kier molecular flexibility index (Phi) is 3.14. The SMILES string of the molecule is Nc1cc(N2CCCC(O)C2)cc([N+](=O)[O-])c1. The summed E-state index contributed by atoms with van der Waals surface area (Å²) in [5, 5.41) is 20.3. The molecule has 92 valence electrons. The number of nitro groups is 1. The zero-order valence-electron chi connectivity index (χ0n) is 9.37. The number of nitrogens with two attached hydrogens (primary N) is 1. The lowest BCUT2D eigenvalue weighted by Gasteiger charge is -2.31. The van der Waals surface area contributed by atoms with E-state index in [4.69, 9.17) is 5.73 Å². The van der Waals surface area contributed by atoms with Gasteiger partial charge in [-0.25, -0.2) is 0 Å². The number of anilines is 2. The summed E-state index contributed by atoms with van der Waals surface area (Å²) < 4.78 is 0. The zero-order chi connectivity index (χ0) is 12.4. The first-order valence-electron chi connectivity index (χ1n) is 5.54. The third kappa shape index (κ3) is 2.65. The summed E-state index contributed by atoms with van der Waals surface area (Å²) in [6, 6.07) is 4.53. The van der Waals surface area contributed by atoms with Gasteiger partial charge in [-0.2, -0.15) is 0 Å². The molecule has 0 saturated carbocycles. The van der Waals surface area contributed by atoms with Crippen LogP contribution in [0.1, 0.15) is 12.8 Å². The van der Waals surface area contributed by atoms with E-state index in [-0.39, 0.29) is 11.8 Å². The van der Waals surface area contributed by atoms with E-state index in [1.807, 2.05) is 4.90 Å². The van der Waals surface area contributed by atoms with Crippen LogP contribution in [-0.2, 0) is 0 Å². The second-order valence-electron chi connectivity index (χ2n) is 4.28. The minimum Gasteiger partial charge on any atom is -0.398 e. The summed E-state index contributed by atoms with van der Waals surface area (Å²) in [4.78, 5) is 12.2. The van der Waals surface area contributed by atoms with Gasteiger partial charge in [-0.15, -0.1) is 0 Å². The van der Waals surface area contributed by atoms with Crippen LogP contribution in [0.5, 0.6) is 0 Å². The molecule has 0 amide bonds. The number of β-amino-alcohol motifs (C(OH)–C–C–N with tert-alkyl or cyclic N) is 1. The maximum atomic E-state index is 10.7. The lowest BCUT2D eigenvalue weighted by Crippen LogP contribution is -2.38. The molecule has 1 heterocycles. The van der Waals surface area contributed by atoms with Crippen molar-refractivity contribution in [3.63, 3.8) is 0 Å². The van der Waals surface area contributed by atoms with Gasteiger partial charge in [0.25, 0.3) is 5.69 Å². The van der Waals surface area contributed by atoms with E-state index in [1.165, 1.54) is 12.1 Å². The molecule has 1 unspecified atom stereocenters. The predicted octanol–water partition coefficient (Wildman–Crippen LogP) is 1.14. The van der Waals surface area contributed by atoms with E-state index in [2.05, 4.69) is 0 Å². The Morgan fingerprint density at radius 3 is 2.88 bits per heavy atom. The van der Waals surface area contributed by atoms with E-state index in [9.17, 15) is 15.2 Å². The van der Waals surface area contributed by atoms with Gasteiger partial charge < -0.3 is 15.7 Å². The molecular weight excluding hydrogens is 222 g/mol. The number of hydrogen-bond donors (Lipinski definition) is 2. The second-order valence-corrected chi connectivity index (χ2v) is 4.28.